The number of carbonyl (C=O) groups excluding carboxylic acids is 2. The molecule has 30 heavy (non-hydrogen) atoms. The highest BCUT2D eigenvalue weighted by atomic mass is 32.2. The first-order chi connectivity index (χ1) is 14.3. The molecule has 0 saturated carbocycles. The van der Waals surface area contributed by atoms with E-state index in [1.165, 1.54) is 24.3 Å². The van der Waals surface area contributed by atoms with Gasteiger partial charge in [-0.15, -0.1) is 0 Å². The minimum absolute atomic E-state index is 0.0980. The summed E-state index contributed by atoms with van der Waals surface area (Å²) < 4.78 is 28.5. The van der Waals surface area contributed by atoms with Crippen LogP contribution in [0.3, 0.4) is 0 Å². The second-order valence-corrected chi connectivity index (χ2v) is 8.47. The van der Waals surface area contributed by atoms with Crippen molar-refractivity contribution in [3.8, 4) is 0 Å². The van der Waals surface area contributed by atoms with E-state index >= 15 is 0 Å². The number of primary sulfonamides is 1. The number of cyclic esters (lactones) is 1. The summed E-state index contributed by atoms with van der Waals surface area (Å²) >= 11 is 0. The Morgan fingerprint density at radius 1 is 1.00 bits per heavy atom. The quantitative estimate of drug-likeness (QED) is 0.627. The van der Waals surface area contributed by atoms with Crippen molar-refractivity contribution in [1.29, 1.82) is 0 Å². The van der Waals surface area contributed by atoms with E-state index in [1.54, 1.807) is 18.2 Å². The van der Waals surface area contributed by atoms with Crippen molar-refractivity contribution >= 4 is 27.6 Å². The number of nitrogens with one attached hydrogen (secondary N) is 1. The van der Waals surface area contributed by atoms with Crippen molar-refractivity contribution in [2.75, 3.05) is 5.32 Å². The van der Waals surface area contributed by atoms with Crippen molar-refractivity contribution in [3.05, 3.63) is 95.1 Å². The van der Waals surface area contributed by atoms with Crippen LogP contribution in [0.25, 0.3) is 0 Å². The van der Waals surface area contributed by atoms with Crippen molar-refractivity contribution in [3.63, 3.8) is 0 Å². The number of rotatable bonds is 4. The number of ether oxygens (including phenoxy) is 1. The van der Waals surface area contributed by atoms with Crippen LogP contribution >= 0.6 is 0 Å². The molecule has 0 saturated heterocycles. The predicted molar refractivity (Wildman–Crippen MR) is 111 cm³/mol. The van der Waals surface area contributed by atoms with Gasteiger partial charge in [0.2, 0.25) is 10.0 Å². The van der Waals surface area contributed by atoms with Crippen molar-refractivity contribution < 1.29 is 22.7 Å². The zero-order valence-corrected chi connectivity index (χ0v) is 16.6. The maximum atomic E-state index is 12.7. The van der Waals surface area contributed by atoms with Gasteiger partial charge in [-0.2, -0.15) is 0 Å². The van der Waals surface area contributed by atoms with Crippen LogP contribution < -0.4 is 10.5 Å². The summed E-state index contributed by atoms with van der Waals surface area (Å²) in [7, 11) is -3.88. The van der Waals surface area contributed by atoms with Crippen LogP contribution in [-0.2, 0) is 21.2 Å². The van der Waals surface area contributed by atoms with Gasteiger partial charge in [0, 0.05) is 17.7 Å². The molecule has 0 aromatic heterocycles. The molecule has 0 radical (unpaired) electrons. The maximum Gasteiger partial charge on any atom is 0.339 e. The van der Waals surface area contributed by atoms with E-state index in [0.29, 0.717) is 28.8 Å². The van der Waals surface area contributed by atoms with Crippen LogP contribution in [0, 0.1) is 0 Å². The number of amides is 1. The van der Waals surface area contributed by atoms with Crippen LogP contribution in [0.4, 0.5) is 5.69 Å². The fourth-order valence-corrected chi connectivity index (χ4v) is 3.90. The van der Waals surface area contributed by atoms with E-state index < -0.39 is 28.0 Å². The minimum atomic E-state index is -3.88. The second kappa shape index (κ2) is 7.74. The molecule has 0 bridgehead atoms. The van der Waals surface area contributed by atoms with Gasteiger partial charge in [0.1, 0.15) is 6.10 Å². The maximum absolute atomic E-state index is 12.7. The van der Waals surface area contributed by atoms with Gasteiger partial charge in [-0.25, -0.2) is 18.4 Å². The number of hydrogen-bond acceptors (Lipinski definition) is 5. The third-order valence-corrected chi connectivity index (χ3v) is 5.74. The molecule has 3 aromatic rings. The molecule has 0 fully saturated rings. The predicted octanol–water partition coefficient (Wildman–Crippen LogP) is 3.04. The number of fused-ring (bicyclic) bond motifs is 1. The molecule has 8 heteroatoms. The first-order valence-electron chi connectivity index (χ1n) is 9.14. The molecule has 152 valence electrons. The Hall–Kier alpha value is -3.49. The summed E-state index contributed by atoms with van der Waals surface area (Å²) in [6.45, 7) is 0. The van der Waals surface area contributed by atoms with Crippen LogP contribution in [0.2, 0.25) is 0 Å². The highest BCUT2D eigenvalue weighted by Gasteiger charge is 2.28. The molecule has 3 aromatic carbocycles. The molecule has 1 amide bonds. The number of hydrogen-bond donors (Lipinski definition) is 2. The van der Waals surface area contributed by atoms with Crippen LogP contribution in [0.5, 0.6) is 0 Å². The van der Waals surface area contributed by atoms with E-state index in [-0.39, 0.29) is 4.90 Å². The van der Waals surface area contributed by atoms with E-state index in [4.69, 9.17) is 9.88 Å². The summed E-state index contributed by atoms with van der Waals surface area (Å²) in [5, 5.41) is 7.79. The molecule has 7 nitrogen and oxygen atoms in total. The molecule has 0 unspecified atom stereocenters. The van der Waals surface area contributed by atoms with E-state index in [9.17, 15) is 18.0 Å². The first kappa shape index (κ1) is 19.8. The summed E-state index contributed by atoms with van der Waals surface area (Å²) in [6, 6.07) is 19.8. The third-order valence-electron chi connectivity index (χ3n) is 4.83. The lowest BCUT2D eigenvalue weighted by molar-refractivity contribution is 0.0252. The summed E-state index contributed by atoms with van der Waals surface area (Å²) in [6.07, 6.45) is 0.0311. The molecular weight excluding hydrogens is 404 g/mol. The zero-order valence-electron chi connectivity index (χ0n) is 15.7. The van der Waals surface area contributed by atoms with Gasteiger partial charge in [0.05, 0.1) is 10.5 Å². The average molecular weight is 422 g/mol. The van der Waals surface area contributed by atoms with Crippen LogP contribution in [-0.4, -0.2) is 20.3 Å². The third kappa shape index (κ3) is 4.10. The minimum Gasteiger partial charge on any atom is -0.454 e. The molecule has 4 rings (SSSR count). The van der Waals surface area contributed by atoms with Crippen molar-refractivity contribution in [2.45, 2.75) is 17.4 Å². The molecule has 1 atom stereocenters. The Morgan fingerprint density at radius 2 is 1.77 bits per heavy atom. The Labute approximate surface area is 173 Å². The summed E-state index contributed by atoms with van der Waals surface area (Å²) in [5.74, 6) is -0.863. The standard InChI is InChI=1S/C22H18N2O5S/c23-30(27,28)18-8-4-7-17(13-18)24-21(25)15-9-10-19-16(11-15)12-20(29-22(19)26)14-5-2-1-3-6-14/h1-11,13,20H,12H2,(H,24,25)(H2,23,27,28)/t20-/m0/s1. The number of sulfonamides is 1. The van der Waals surface area contributed by atoms with Gasteiger partial charge >= 0.3 is 5.97 Å². The van der Waals surface area contributed by atoms with Crippen LogP contribution in [0.15, 0.2) is 77.7 Å². The summed E-state index contributed by atoms with van der Waals surface area (Å²) in [4.78, 5) is 25.0. The van der Waals surface area contributed by atoms with Gasteiger partial charge in [-0.05, 0) is 47.5 Å². The Morgan fingerprint density at radius 3 is 2.50 bits per heavy atom. The van der Waals surface area contributed by atoms with Crippen molar-refractivity contribution in [2.24, 2.45) is 5.14 Å². The van der Waals surface area contributed by atoms with Gasteiger partial charge in [-0.1, -0.05) is 36.4 Å². The first-order valence-corrected chi connectivity index (χ1v) is 10.7. The van der Waals surface area contributed by atoms with Crippen LogP contribution in [0.1, 0.15) is 37.9 Å². The van der Waals surface area contributed by atoms with Gasteiger partial charge < -0.3 is 10.1 Å². The van der Waals surface area contributed by atoms with Gasteiger partial charge in [0.25, 0.3) is 5.91 Å². The lowest BCUT2D eigenvalue weighted by atomic mass is 9.93. The largest absolute Gasteiger partial charge is 0.454 e. The second-order valence-electron chi connectivity index (χ2n) is 6.91. The number of carbonyl (C=O) groups is 2. The molecular formula is C22H18N2O5S. The van der Waals surface area contributed by atoms with Crippen molar-refractivity contribution in [1.82, 2.24) is 0 Å². The smallest absolute Gasteiger partial charge is 0.339 e. The van der Waals surface area contributed by atoms with E-state index in [1.807, 2.05) is 30.3 Å². The van der Waals surface area contributed by atoms with E-state index in [0.717, 1.165) is 5.56 Å². The number of esters is 1. The Bertz CT molecular complexity index is 1240. The lowest BCUT2D eigenvalue weighted by Gasteiger charge is -2.25. The molecule has 3 N–H and O–H groups in total. The topological polar surface area (TPSA) is 116 Å². The Kier molecular flexibility index (Phi) is 5.11. The molecule has 1 heterocycles. The Balaban J connectivity index is 1.58. The normalized spacial score (nSPS) is 15.8. The summed E-state index contributed by atoms with van der Waals surface area (Å²) in [5.41, 5.74) is 2.66. The number of nitrogens with two attached hydrogens (primary N) is 1. The van der Waals surface area contributed by atoms with Gasteiger partial charge in [0.15, 0.2) is 0 Å². The fourth-order valence-electron chi connectivity index (χ4n) is 3.34. The molecule has 1 aliphatic heterocycles. The SMILES string of the molecule is NS(=O)(=O)c1cccc(NC(=O)c2ccc3c(c2)C[C@@H](c2ccccc2)OC3=O)c1. The monoisotopic (exact) mass is 422 g/mol. The lowest BCUT2D eigenvalue weighted by Crippen LogP contribution is -2.23. The zero-order chi connectivity index (χ0) is 21.3. The average Bonchev–Trinajstić information content (AvgIpc) is 2.73. The number of benzene rings is 3. The number of anilines is 1. The highest BCUT2D eigenvalue weighted by Crippen LogP contribution is 2.31. The molecule has 0 spiro atoms. The molecule has 0 aliphatic carbocycles. The fraction of sp³-hybridized carbons (Fsp3) is 0.0909. The molecule has 1 aliphatic rings. The van der Waals surface area contributed by atoms with E-state index in [2.05, 4.69) is 5.32 Å². The highest BCUT2D eigenvalue weighted by molar-refractivity contribution is 7.89. The van der Waals surface area contributed by atoms with Gasteiger partial charge in [-0.3, -0.25) is 4.79 Å².